The fraction of sp³-hybridized carbons (Fsp3) is 0.667. The normalized spacial score (nSPS) is 19.4. The lowest BCUT2D eigenvalue weighted by Crippen LogP contribution is -2.35. The van der Waals surface area contributed by atoms with Crippen molar-refractivity contribution < 1.29 is 17.9 Å². The molecule has 2 N–H and O–H groups in total. The molecule has 1 aliphatic rings. The van der Waals surface area contributed by atoms with Crippen LogP contribution in [0.4, 0.5) is 0 Å². The Kier molecular flexibility index (Phi) is 4.44. The number of amides is 1. The van der Waals surface area contributed by atoms with Crippen LogP contribution in [0.15, 0.2) is 6.07 Å². The standard InChI is InChI=1S/C12H19N3O4S/c1-8(2)10-5-11(14-13-10)12(16)15-20(17,18)7-9-3-4-19-6-9/h5,8-9H,3-4,6-7H2,1-2H3,(H,13,14)(H,15,16)/t9-/m1/s1. The number of H-pyrrole nitrogens is 1. The van der Waals surface area contributed by atoms with Crippen molar-refractivity contribution in [2.75, 3.05) is 19.0 Å². The molecule has 1 atom stereocenters. The van der Waals surface area contributed by atoms with Crippen LogP contribution in [0.25, 0.3) is 0 Å². The molecular formula is C12H19N3O4S. The second-order valence-electron chi connectivity index (χ2n) is 5.31. The molecule has 0 saturated carbocycles. The number of hydrogen-bond donors (Lipinski definition) is 2. The van der Waals surface area contributed by atoms with Gasteiger partial charge >= 0.3 is 0 Å². The van der Waals surface area contributed by atoms with Crippen LogP contribution in [-0.4, -0.2) is 43.5 Å². The van der Waals surface area contributed by atoms with E-state index >= 15 is 0 Å². The molecule has 0 radical (unpaired) electrons. The van der Waals surface area contributed by atoms with Crippen molar-refractivity contribution >= 4 is 15.9 Å². The second-order valence-corrected chi connectivity index (χ2v) is 7.07. The van der Waals surface area contributed by atoms with Gasteiger partial charge in [0.15, 0.2) is 5.69 Å². The van der Waals surface area contributed by atoms with Crippen LogP contribution in [0.2, 0.25) is 0 Å². The predicted octanol–water partition coefficient (Wildman–Crippen LogP) is 0.629. The largest absolute Gasteiger partial charge is 0.381 e. The minimum Gasteiger partial charge on any atom is -0.381 e. The van der Waals surface area contributed by atoms with Crippen LogP contribution in [0, 0.1) is 5.92 Å². The molecular weight excluding hydrogens is 282 g/mol. The molecule has 1 aromatic heterocycles. The van der Waals surface area contributed by atoms with E-state index in [2.05, 4.69) is 10.2 Å². The topological polar surface area (TPSA) is 101 Å². The first kappa shape index (κ1) is 15.0. The number of hydrogen-bond acceptors (Lipinski definition) is 5. The van der Waals surface area contributed by atoms with E-state index in [0.29, 0.717) is 19.6 Å². The summed E-state index contributed by atoms with van der Waals surface area (Å²) >= 11 is 0. The Balaban J connectivity index is 1.98. The third kappa shape index (κ3) is 3.80. The molecule has 1 amide bonds. The van der Waals surface area contributed by atoms with Gasteiger partial charge in [-0.1, -0.05) is 13.8 Å². The summed E-state index contributed by atoms with van der Waals surface area (Å²) in [7, 11) is -3.66. The number of aromatic nitrogens is 2. The summed E-state index contributed by atoms with van der Waals surface area (Å²) in [6, 6.07) is 1.56. The fourth-order valence-corrected chi connectivity index (χ4v) is 3.36. The number of rotatable bonds is 5. The van der Waals surface area contributed by atoms with Gasteiger partial charge in [0.2, 0.25) is 10.0 Å². The highest BCUT2D eigenvalue weighted by Gasteiger charge is 2.25. The number of aromatic amines is 1. The molecule has 0 aromatic carbocycles. The Hall–Kier alpha value is -1.41. The third-order valence-corrected chi connectivity index (χ3v) is 4.59. The van der Waals surface area contributed by atoms with E-state index in [9.17, 15) is 13.2 Å². The van der Waals surface area contributed by atoms with Gasteiger partial charge in [-0.25, -0.2) is 13.1 Å². The number of ether oxygens (including phenoxy) is 1. The molecule has 20 heavy (non-hydrogen) atoms. The van der Waals surface area contributed by atoms with Gasteiger partial charge in [-0.05, 0) is 18.4 Å². The van der Waals surface area contributed by atoms with Crippen LogP contribution in [0.1, 0.15) is 42.4 Å². The zero-order valence-electron chi connectivity index (χ0n) is 11.5. The average molecular weight is 301 g/mol. The summed E-state index contributed by atoms with van der Waals surface area (Å²) in [5.74, 6) is -0.658. The van der Waals surface area contributed by atoms with Crippen LogP contribution >= 0.6 is 0 Å². The molecule has 0 spiro atoms. The van der Waals surface area contributed by atoms with Crippen molar-refractivity contribution in [3.63, 3.8) is 0 Å². The Morgan fingerprint density at radius 2 is 2.35 bits per heavy atom. The van der Waals surface area contributed by atoms with Crippen molar-refractivity contribution in [3.8, 4) is 0 Å². The van der Waals surface area contributed by atoms with Gasteiger partial charge in [0, 0.05) is 18.2 Å². The predicted molar refractivity (Wildman–Crippen MR) is 72.9 cm³/mol. The van der Waals surface area contributed by atoms with E-state index in [1.165, 1.54) is 0 Å². The van der Waals surface area contributed by atoms with Crippen LogP contribution in [-0.2, 0) is 14.8 Å². The summed E-state index contributed by atoms with van der Waals surface area (Å²) in [4.78, 5) is 11.9. The molecule has 0 bridgehead atoms. The second kappa shape index (κ2) is 5.92. The van der Waals surface area contributed by atoms with Crippen molar-refractivity contribution in [2.24, 2.45) is 5.92 Å². The molecule has 2 heterocycles. The lowest BCUT2D eigenvalue weighted by Gasteiger charge is -2.09. The van der Waals surface area contributed by atoms with Gasteiger partial charge in [0.1, 0.15) is 0 Å². The molecule has 1 aliphatic heterocycles. The molecule has 1 fully saturated rings. The van der Waals surface area contributed by atoms with Gasteiger partial charge < -0.3 is 4.74 Å². The van der Waals surface area contributed by atoms with Crippen LogP contribution in [0.3, 0.4) is 0 Å². The number of nitrogens with one attached hydrogen (secondary N) is 2. The number of carbonyl (C=O) groups is 1. The fourth-order valence-electron chi connectivity index (χ4n) is 2.01. The minimum atomic E-state index is -3.66. The highest BCUT2D eigenvalue weighted by Crippen LogP contribution is 2.15. The molecule has 8 heteroatoms. The first-order valence-electron chi connectivity index (χ1n) is 6.55. The molecule has 0 unspecified atom stereocenters. The highest BCUT2D eigenvalue weighted by molar-refractivity contribution is 7.90. The van der Waals surface area contributed by atoms with E-state index in [1.807, 2.05) is 18.6 Å². The maximum atomic E-state index is 11.9. The summed E-state index contributed by atoms with van der Waals surface area (Å²) in [6.45, 7) is 4.90. The first-order chi connectivity index (χ1) is 9.37. The molecule has 1 saturated heterocycles. The van der Waals surface area contributed by atoms with E-state index in [-0.39, 0.29) is 23.3 Å². The quantitative estimate of drug-likeness (QED) is 0.830. The lowest BCUT2D eigenvalue weighted by atomic mass is 10.1. The monoisotopic (exact) mass is 301 g/mol. The zero-order valence-corrected chi connectivity index (χ0v) is 12.4. The highest BCUT2D eigenvalue weighted by atomic mass is 32.2. The van der Waals surface area contributed by atoms with Gasteiger partial charge in [-0.2, -0.15) is 5.10 Å². The van der Waals surface area contributed by atoms with E-state index < -0.39 is 15.9 Å². The van der Waals surface area contributed by atoms with E-state index in [4.69, 9.17) is 4.74 Å². The Labute approximate surface area is 118 Å². The third-order valence-electron chi connectivity index (χ3n) is 3.18. The smallest absolute Gasteiger partial charge is 0.285 e. The maximum absolute atomic E-state index is 11.9. The first-order valence-corrected chi connectivity index (χ1v) is 8.20. The Bertz CT molecular complexity index is 573. The molecule has 2 rings (SSSR count). The summed E-state index contributed by atoms with van der Waals surface area (Å²) in [6.07, 6.45) is 0.703. The maximum Gasteiger partial charge on any atom is 0.285 e. The number of carbonyl (C=O) groups excluding carboxylic acids is 1. The summed E-state index contributed by atoms with van der Waals surface area (Å²) < 4.78 is 30.9. The summed E-state index contributed by atoms with van der Waals surface area (Å²) in [5, 5.41) is 6.55. The van der Waals surface area contributed by atoms with Crippen molar-refractivity contribution in [3.05, 3.63) is 17.5 Å². The average Bonchev–Trinajstić information content (AvgIpc) is 2.96. The number of sulfonamides is 1. The van der Waals surface area contributed by atoms with Crippen molar-refractivity contribution in [2.45, 2.75) is 26.2 Å². The SMILES string of the molecule is CC(C)c1cc(C(=O)NS(=O)(=O)C[C@@H]2CCOC2)n[nH]1. The van der Waals surface area contributed by atoms with Crippen LogP contribution < -0.4 is 4.72 Å². The lowest BCUT2D eigenvalue weighted by molar-refractivity contribution is 0.0976. The Morgan fingerprint density at radius 1 is 1.60 bits per heavy atom. The van der Waals surface area contributed by atoms with Crippen molar-refractivity contribution in [1.82, 2.24) is 14.9 Å². The van der Waals surface area contributed by atoms with Crippen LogP contribution in [0.5, 0.6) is 0 Å². The van der Waals surface area contributed by atoms with E-state index in [0.717, 1.165) is 5.69 Å². The molecule has 0 aliphatic carbocycles. The van der Waals surface area contributed by atoms with Crippen molar-refractivity contribution in [1.29, 1.82) is 0 Å². The van der Waals surface area contributed by atoms with Gasteiger partial charge in [0.25, 0.3) is 5.91 Å². The Morgan fingerprint density at radius 3 is 2.90 bits per heavy atom. The molecule has 7 nitrogen and oxygen atoms in total. The van der Waals surface area contributed by atoms with Gasteiger partial charge in [-0.3, -0.25) is 9.89 Å². The van der Waals surface area contributed by atoms with E-state index in [1.54, 1.807) is 6.07 Å². The minimum absolute atomic E-state index is 0.0503. The molecule has 112 valence electrons. The number of nitrogens with zero attached hydrogens (tertiary/aromatic N) is 1. The zero-order chi connectivity index (χ0) is 14.8. The molecule has 1 aromatic rings. The summed E-state index contributed by atoms with van der Waals surface area (Å²) in [5.41, 5.74) is 0.872. The van der Waals surface area contributed by atoms with Gasteiger partial charge in [0.05, 0.1) is 12.4 Å². The van der Waals surface area contributed by atoms with Gasteiger partial charge in [-0.15, -0.1) is 0 Å².